The first-order chi connectivity index (χ1) is 15.9. The van der Waals surface area contributed by atoms with Crippen LogP contribution in [0.2, 0.25) is 0 Å². The van der Waals surface area contributed by atoms with Gasteiger partial charge >= 0.3 is 7.82 Å². The minimum Gasteiger partial charge on any atom is -0.472 e. The molecule has 0 unspecified atom stereocenters. The van der Waals surface area contributed by atoms with Crippen molar-refractivity contribution in [1.29, 1.82) is 0 Å². The fourth-order valence-corrected chi connectivity index (χ4v) is 4.06. The van der Waals surface area contributed by atoms with Gasteiger partial charge in [-0.1, -0.05) is 70.4 Å². The lowest BCUT2D eigenvalue weighted by atomic mass is 10.1. The van der Waals surface area contributed by atoms with E-state index in [4.69, 9.17) is 14.2 Å². The predicted molar refractivity (Wildman–Crippen MR) is 132 cm³/mol. The van der Waals surface area contributed by atoms with Gasteiger partial charge in [0.25, 0.3) is 0 Å². The molecule has 0 aliphatic heterocycles. The van der Waals surface area contributed by atoms with E-state index in [9.17, 15) is 9.36 Å². The fourth-order valence-electron chi connectivity index (χ4n) is 3.69. The number of allylic oxidation sites excluding steroid dienone is 2. The number of phosphoric ester groups is 1. The summed E-state index contributed by atoms with van der Waals surface area (Å²) in [6.07, 6.45) is 24.1. The monoisotopic (exact) mass is 485 g/mol. The lowest BCUT2D eigenvalue weighted by Gasteiger charge is -2.18. The molecule has 0 radical (unpaired) electrons. The van der Waals surface area contributed by atoms with Crippen LogP contribution in [0, 0.1) is 0 Å². The first kappa shape index (κ1) is 29.6. The molecule has 0 spiro atoms. The summed E-state index contributed by atoms with van der Waals surface area (Å²) in [5.41, 5.74) is 0.829. The Balaban J connectivity index is 2.06. The summed E-state index contributed by atoms with van der Waals surface area (Å²) < 4.78 is 20.6. The van der Waals surface area contributed by atoms with Crippen LogP contribution in [0.25, 0.3) is 0 Å². The highest BCUT2D eigenvalue weighted by Crippen LogP contribution is 2.35. The van der Waals surface area contributed by atoms with Crippen LogP contribution >= 0.6 is 7.82 Å². The van der Waals surface area contributed by atoms with Crippen LogP contribution in [-0.4, -0.2) is 28.3 Å². The number of rotatable bonds is 21. The van der Waals surface area contributed by atoms with Crippen LogP contribution < -0.4 is 5.32 Å². The summed E-state index contributed by atoms with van der Waals surface area (Å²) in [5, 5.41) is 2.82. The molecule has 0 saturated carbocycles. The number of unbranched alkanes of at least 4 members (excludes halogenated alkanes) is 11. The molecule has 0 aromatic carbocycles. The second-order valence-corrected chi connectivity index (χ2v) is 9.96. The number of hydrogen-bond donors (Lipinski definition) is 3. The molecular weight excluding hydrogens is 441 g/mol. The smallest absolute Gasteiger partial charge is 0.469 e. The van der Waals surface area contributed by atoms with E-state index in [-0.39, 0.29) is 12.5 Å². The molecule has 1 atom stereocenters. The summed E-state index contributed by atoms with van der Waals surface area (Å²) in [7, 11) is -4.59. The second kappa shape index (κ2) is 19.0. The Kier molecular flexibility index (Phi) is 17.0. The van der Waals surface area contributed by atoms with Gasteiger partial charge < -0.3 is 19.5 Å². The summed E-state index contributed by atoms with van der Waals surface area (Å²) in [5.74, 6) is -0.129. The van der Waals surface area contributed by atoms with Crippen molar-refractivity contribution in [1.82, 2.24) is 5.32 Å². The van der Waals surface area contributed by atoms with Crippen molar-refractivity contribution in [2.24, 2.45) is 0 Å². The van der Waals surface area contributed by atoms with Crippen LogP contribution in [0.3, 0.4) is 0 Å². The summed E-state index contributed by atoms with van der Waals surface area (Å²) in [6.45, 7) is 1.99. The van der Waals surface area contributed by atoms with E-state index in [1.807, 2.05) is 0 Å². The van der Waals surface area contributed by atoms with Gasteiger partial charge in [-0.3, -0.25) is 9.32 Å². The molecule has 1 amide bonds. The predicted octanol–water partition coefficient (Wildman–Crippen LogP) is 6.45. The van der Waals surface area contributed by atoms with E-state index in [1.165, 1.54) is 64.1 Å². The lowest BCUT2D eigenvalue weighted by molar-refractivity contribution is -0.122. The zero-order valence-electron chi connectivity index (χ0n) is 20.3. The molecule has 1 heterocycles. The number of furan rings is 1. The van der Waals surface area contributed by atoms with E-state index in [0.29, 0.717) is 12.8 Å². The molecule has 1 aromatic rings. The van der Waals surface area contributed by atoms with Gasteiger partial charge in [-0.2, -0.15) is 0 Å². The van der Waals surface area contributed by atoms with Crippen molar-refractivity contribution < 1.29 is 28.1 Å². The normalized spacial score (nSPS) is 12.9. The number of carbonyl (C=O) groups excluding carboxylic acids is 1. The van der Waals surface area contributed by atoms with Gasteiger partial charge in [0.2, 0.25) is 5.91 Å². The minimum atomic E-state index is -4.59. The van der Waals surface area contributed by atoms with Crippen molar-refractivity contribution in [2.45, 2.75) is 109 Å². The molecule has 0 bridgehead atoms. The first-order valence-corrected chi connectivity index (χ1v) is 14.1. The average molecular weight is 486 g/mol. The van der Waals surface area contributed by atoms with E-state index in [0.717, 1.165) is 31.2 Å². The number of phosphoric acid groups is 1. The summed E-state index contributed by atoms with van der Waals surface area (Å²) in [6, 6.07) is 1.23. The fraction of sp³-hybridized carbons (Fsp3) is 0.720. The molecule has 1 rings (SSSR count). The Morgan fingerprint density at radius 2 is 1.64 bits per heavy atom. The number of amides is 1. The molecule has 33 heavy (non-hydrogen) atoms. The number of nitrogens with one attached hydrogen (secondary N) is 1. The average Bonchev–Trinajstić information content (AvgIpc) is 3.27. The highest BCUT2D eigenvalue weighted by Gasteiger charge is 2.20. The van der Waals surface area contributed by atoms with E-state index >= 15 is 0 Å². The first-order valence-electron chi connectivity index (χ1n) is 12.6. The third kappa shape index (κ3) is 18.7. The maximum Gasteiger partial charge on any atom is 0.469 e. The maximum atomic E-state index is 12.2. The van der Waals surface area contributed by atoms with Crippen LogP contribution in [0.4, 0.5) is 0 Å². The molecule has 0 aliphatic carbocycles. The van der Waals surface area contributed by atoms with Gasteiger partial charge in [-0.15, -0.1) is 0 Å². The van der Waals surface area contributed by atoms with Gasteiger partial charge in [-0.25, -0.2) is 4.57 Å². The Bertz CT molecular complexity index is 670. The van der Waals surface area contributed by atoms with Crippen molar-refractivity contribution in [3.63, 3.8) is 0 Å². The van der Waals surface area contributed by atoms with Gasteiger partial charge in [0, 0.05) is 6.42 Å². The van der Waals surface area contributed by atoms with Gasteiger partial charge in [0.15, 0.2) is 0 Å². The zero-order chi connectivity index (χ0) is 24.2. The highest BCUT2D eigenvalue weighted by atomic mass is 31.2. The molecular formula is C25H44NO6P. The summed E-state index contributed by atoms with van der Waals surface area (Å²) in [4.78, 5) is 30.1. The van der Waals surface area contributed by atoms with E-state index in [2.05, 4.69) is 28.9 Å². The highest BCUT2D eigenvalue weighted by molar-refractivity contribution is 7.46. The SMILES string of the molecule is CCCCCCCCC=CCCCCCCCC(=O)N[C@H](COP(=O)(O)O)Cc1ccoc1. The van der Waals surface area contributed by atoms with Crippen molar-refractivity contribution in [3.05, 3.63) is 36.3 Å². The van der Waals surface area contributed by atoms with Crippen LogP contribution in [0.5, 0.6) is 0 Å². The Hall–Kier alpha value is -1.40. The molecule has 0 aliphatic rings. The molecule has 7 nitrogen and oxygen atoms in total. The minimum absolute atomic E-state index is 0.129. The Morgan fingerprint density at radius 3 is 2.21 bits per heavy atom. The lowest BCUT2D eigenvalue weighted by Crippen LogP contribution is -2.39. The van der Waals surface area contributed by atoms with Crippen LogP contribution in [0.1, 0.15) is 102 Å². The van der Waals surface area contributed by atoms with Gasteiger partial charge in [0.1, 0.15) is 0 Å². The standard InChI is InChI=1S/C25H44NO6P/c1-2-3-4-5-6-7-8-9-10-11-12-13-14-15-16-17-25(27)26-24(22-32-33(28,29)30)20-23-18-19-31-21-23/h9-10,18-19,21,24H,2-8,11-17,20,22H2,1H3,(H,26,27)(H2,28,29,30)/t24-/m0/s1. The zero-order valence-corrected chi connectivity index (χ0v) is 21.1. The van der Waals surface area contributed by atoms with E-state index in [1.54, 1.807) is 12.3 Å². The Morgan fingerprint density at radius 1 is 1.03 bits per heavy atom. The molecule has 3 N–H and O–H groups in total. The topological polar surface area (TPSA) is 109 Å². The maximum absolute atomic E-state index is 12.2. The van der Waals surface area contributed by atoms with Crippen molar-refractivity contribution >= 4 is 13.7 Å². The second-order valence-electron chi connectivity index (χ2n) is 8.72. The summed E-state index contributed by atoms with van der Waals surface area (Å²) >= 11 is 0. The quantitative estimate of drug-likeness (QED) is 0.105. The van der Waals surface area contributed by atoms with Crippen molar-refractivity contribution in [2.75, 3.05) is 6.61 Å². The molecule has 0 fully saturated rings. The molecule has 0 saturated heterocycles. The molecule has 190 valence electrons. The number of carbonyl (C=O) groups is 1. The molecule has 8 heteroatoms. The van der Waals surface area contributed by atoms with Crippen LogP contribution in [0.15, 0.2) is 35.2 Å². The van der Waals surface area contributed by atoms with Gasteiger partial charge in [-0.05, 0) is 50.2 Å². The third-order valence-corrected chi connectivity index (χ3v) is 6.02. The molecule has 1 aromatic heterocycles. The van der Waals surface area contributed by atoms with Crippen LogP contribution in [-0.2, 0) is 20.3 Å². The largest absolute Gasteiger partial charge is 0.472 e. The van der Waals surface area contributed by atoms with E-state index < -0.39 is 13.9 Å². The van der Waals surface area contributed by atoms with Gasteiger partial charge in [0.05, 0.1) is 25.2 Å². The Labute approximate surface area is 199 Å². The third-order valence-electron chi connectivity index (χ3n) is 5.54. The van der Waals surface area contributed by atoms with Crippen molar-refractivity contribution in [3.8, 4) is 0 Å². The number of hydrogen-bond acceptors (Lipinski definition) is 4.